The number of ether oxygens (including phenoxy) is 1. The fraction of sp³-hybridized carbons (Fsp3) is 0.600. The Kier molecular flexibility index (Phi) is 2.53. The molecule has 2 nitrogen and oxygen atoms in total. The second kappa shape index (κ2) is 3.82. The van der Waals surface area contributed by atoms with Crippen LogP contribution in [0.2, 0.25) is 0 Å². The molecular weight excluding hydrogens is 210 g/mol. The first-order valence-corrected chi connectivity index (χ1v) is 6.56. The minimum absolute atomic E-state index is 0.0783. The molecule has 1 saturated carbocycles. The molecule has 0 atom stereocenters. The van der Waals surface area contributed by atoms with Crippen molar-refractivity contribution in [1.82, 2.24) is 0 Å². The molecule has 3 rings (SSSR count). The van der Waals surface area contributed by atoms with E-state index in [4.69, 9.17) is 10.5 Å². The lowest BCUT2D eigenvalue weighted by atomic mass is 9.52. The minimum Gasteiger partial charge on any atom is -0.381 e. The highest BCUT2D eigenvalue weighted by molar-refractivity contribution is 5.31. The molecule has 2 heteroatoms. The number of rotatable bonds is 1. The topological polar surface area (TPSA) is 35.2 Å². The number of nitrogens with two attached hydrogens (primary N) is 1. The Morgan fingerprint density at radius 2 is 1.65 bits per heavy atom. The Balaban J connectivity index is 1.75. The molecule has 0 aromatic heterocycles. The molecule has 0 radical (unpaired) electrons. The van der Waals surface area contributed by atoms with Crippen LogP contribution in [0.4, 0.5) is 0 Å². The molecule has 2 fully saturated rings. The zero-order valence-electron chi connectivity index (χ0n) is 10.5. The van der Waals surface area contributed by atoms with Gasteiger partial charge in [0, 0.05) is 18.8 Å². The Hall–Kier alpha value is -0.860. The van der Waals surface area contributed by atoms with Crippen molar-refractivity contribution in [3.05, 3.63) is 35.4 Å². The zero-order valence-corrected chi connectivity index (χ0v) is 10.5. The van der Waals surface area contributed by atoms with Gasteiger partial charge in [0.1, 0.15) is 0 Å². The van der Waals surface area contributed by atoms with Crippen molar-refractivity contribution in [3.63, 3.8) is 0 Å². The smallest absolute Gasteiger partial charge is 0.0471 e. The van der Waals surface area contributed by atoms with Crippen molar-refractivity contribution in [2.24, 2.45) is 11.1 Å². The van der Waals surface area contributed by atoms with Gasteiger partial charge in [-0.1, -0.05) is 29.8 Å². The summed E-state index contributed by atoms with van der Waals surface area (Å²) in [7, 11) is 0. The number of hydrogen-bond acceptors (Lipinski definition) is 2. The molecule has 1 spiro atoms. The highest BCUT2D eigenvalue weighted by atomic mass is 16.5. The van der Waals surface area contributed by atoms with Crippen LogP contribution in [0.25, 0.3) is 0 Å². The van der Waals surface area contributed by atoms with Gasteiger partial charge in [0.15, 0.2) is 0 Å². The third-order valence-electron chi connectivity index (χ3n) is 4.56. The normalized spacial score (nSPS) is 25.5. The van der Waals surface area contributed by atoms with Crippen LogP contribution in [0.3, 0.4) is 0 Å². The molecule has 0 unspecified atom stereocenters. The van der Waals surface area contributed by atoms with E-state index in [2.05, 4.69) is 31.2 Å². The number of aryl methyl sites for hydroxylation is 1. The fourth-order valence-corrected chi connectivity index (χ4v) is 3.53. The Bertz CT molecular complexity index is 395. The first-order chi connectivity index (χ1) is 8.12. The van der Waals surface area contributed by atoms with Crippen LogP contribution in [0, 0.1) is 12.3 Å². The summed E-state index contributed by atoms with van der Waals surface area (Å²) in [4.78, 5) is 0. The van der Waals surface area contributed by atoms with Crippen molar-refractivity contribution in [2.45, 2.75) is 38.1 Å². The lowest BCUT2D eigenvalue weighted by Crippen LogP contribution is -2.57. The first kappa shape index (κ1) is 11.2. The summed E-state index contributed by atoms with van der Waals surface area (Å²) in [5, 5.41) is 0. The van der Waals surface area contributed by atoms with Gasteiger partial charge in [0.2, 0.25) is 0 Å². The van der Waals surface area contributed by atoms with E-state index in [-0.39, 0.29) is 5.54 Å². The third kappa shape index (κ3) is 1.90. The largest absolute Gasteiger partial charge is 0.381 e. The molecule has 2 N–H and O–H groups in total. The molecule has 1 aliphatic carbocycles. The van der Waals surface area contributed by atoms with Crippen molar-refractivity contribution in [1.29, 1.82) is 0 Å². The predicted molar refractivity (Wildman–Crippen MR) is 68.8 cm³/mol. The van der Waals surface area contributed by atoms with E-state index in [1.165, 1.54) is 24.0 Å². The van der Waals surface area contributed by atoms with Gasteiger partial charge >= 0.3 is 0 Å². The van der Waals surface area contributed by atoms with Gasteiger partial charge in [-0.25, -0.2) is 0 Å². The van der Waals surface area contributed by atoms with E-state index in [1.54, 1.807) is 0 Å². The quantitative estimate of drug-likeness (QED) is 0.806. The van der Waals surface area contributed by atoms with Crippen LogP contribution in [-0.2, 0) is 10.3 Å². The summed E-state index contributed by atoms with van der Waals surface area (Å²) in [6, 6.07) is 8.72. The van der Waals surface area contributed by atoms with E-state index in [1.807, 2.05) is 0 Å². The molecule has 0 amide bonds. The highest BCUT2D eigenvalue weighted by Crippen LogP contribution is 2.57. The lowest BCUT2D eigenvalue weighted by molar-refractivity contribution is -0.0725. The van der Waals surface area contributed by atoms with Gasteiger partial charge < -0.3 is 10.5 Å². The van der Waals surface area contributed by atoms with Crippen molar-refractivity contribution in [2.75, 3.05) is 13.2 Å². The highest BCUT2D eigenvalue weighted by Gasteiger charge is 2.53. The van der Waals surface area contributed by atoms with Crippen LogP contribution < -0.4 is 5.73 Å². The fourth-order valence-electron chi connectivity index (χ4n) is 3.53. The molecule has 2 aliphatic rings. The van der Waals surface area contributed by atoms with Crippen molar-refractivity contribution >= 4 is 0 Å². The lowest BCUT2D eigenvalue weighted by Gasteiger charge is -2.56. The van der Waals surface area contributed by atoms with Crippen LogP contribution in [0.1, 0.15) is 36.8 Å². The van der Waals surface area contributed by atoms with Gasteiger partial charge in [-0.15, -0.1) is 0 Å². The van der Waals surface area contributed by atoms with Crippen LogP contribution in [0.15, 0.2) is 24.3 Å². The van der Waals surface area contributed by atoms with E-state index in [0.717, 1.165) is 26.1 Å². The Morgan fingerprint density at radius 1 is 1.06 bits per heavy atom. The van der Waals surface area contributed by atoms with E-state index in [0.29, 0.717) is 5.41 Å². The SMILES string of the molecule is Cc1ccc(C2(N)CC3(CCOCC3)C2)cc1. The second-order valence-electron chi connectivity index (χ2n) is 5.99. The molecule has 1 heterocycles. The maximum Gasteiger partial charge on any atom is 0.0471 e. The van der Waals surface area contributed by atoms with Gasteiger partial charge in [-0.3, -0.25) is 0 Å². The molecule has 0 bridgehead atoms. The number of benzene rings is 1. The number of hydrogen-bond donors (Lipinski definition) is 1. The van der Waals surface area contributed by atoms with Crippen molar-refractivity contribution in [3.8, 4) is 0 Å². The predicted octanol–water partition coefficient (Wildman–Crippen LogP) is 2.74. The molecule has 1 saturated heterocycles. The standard InChI is InChI=1S/C15H21NO/c1-12-2-4-13(5-3-12)15(16)10-14(11-15)6-8-17-9-7-14/h2-5H,6-11,16H2,1H3. The molecule has 1 aromatic rings. The maximum atomic E-state index is 6.54. The third-order valence-corrected chi connectivity index (χ3v) is 4.56. The summed E-state index contributed by atoms with van der Waals surface area (Å²) >= 11 is 0. The molecule has 17 heavy (non-hydrogen) atoms. The average Bonchev–Trinajstić information content (AvgIpc) is 2.29. The zero-order chi connectivity index (χ0) is 11.9. The minimum atomic E-state index is -0.0783. The Labute approximate surface area is 103 Å². The molecule has 1 aliphatic heterocycles. The molecule has 1 aromatic carbocycles. The molecular formula is C15H21NO. The first-order valence-electron chi connectivity index (χ1n) is 6.56. The maximum absolute atomic E-state index is 6.54. The second-order valence-corrected chi connectivity index (χ2v) is 5.99. The summed E-state index contributed by atoms with van der Waals surface area (Å²) in [5.74, 6) is 0. The van der Waals surface area contributed by atoms with Gasteiger partial charge in [-0.2, -0.15) is 0 Å². The van der Waals surface area contributed by atoms with Gasteiger partial charge in [0.25, 0.3) is 0 Å². The summed E-state index contributed by atoms with van der Waals surface area (Å²) in [5.41, 5.74) is 9.55. The van der Waals surface area contributed by atoms with Crippen LogP contribution >= 0.6 is 0 Å². The average molecular weight is 231 g/mol. The summed E-state index contributed by atoms with van der Waals surface area (Å²) < 4.78 is 5.45. The van der Waals surface area contributed by atoms with E-state index < -0.39 is 0 Å². The van der Waals surface area contributed by atoms with Crippen LogP contribution in [-0.4, -0.2) is 13.2 Å². The van der Waals surface area contributed by atoms with Gasteiger partial charge in [0.05, 0.1) is 0 Å². The van der Waals surface area contributed by atoms with Crippen LogP contribution in [0.5, 0.6) is 0 Å². The monoisotopic (exact) mass is 231 g/mol. The summed E-state index contributed by atoms with van der Waals surface area (Å²) in [6.07, 6.45) is 4.65. The van der Waals surface area contributed by atoms with Crippen molar-refractivity contribution < 1.29 is 4.74 Å². The Morgan fingerprint density at radius 3 is 2.24 bits per heavy atom. The molecule has 92 valence electrons. The van der Waals surface area contributed by atoms with Gasteiger partial charge in [-0.05, 0) is 43.6 Å². The van der Waals surface area contributed by atoms with E-state index in [9.17, 15) is 0 Å². The summed E-state index contributed by atoms with van der Waals surface area (Å²) in [6.45, 7) is 3.96. The van der Waals surface area contributed by atoms with E-state index >= 15 is 0 Å².